The molecular formula is C14H20FN3. The summed E-state index contributed by atoms with van der Waals surface area (Å²) < 4.78 is 13.0. The van der Waals surface area contributed by atoms with Crippen molar-refractivity contribution in [3.63, 3.8) is 0 Å². The van der Waals surface area contributed by atoms with E-state index in [9.17, 15) is 4.39 Å². The number of nitrogens with zero attached hydrogens (tertiary/aromatic N) is 2. The minimum Gasteiger partial charge on any atom is -0.308 e. The first-order valence-electron chi connectivity index (χ1n) is 6.90. The molecule has 0 radical (unpaired) electrons. The third-order valence-corrected chi connectivity index (χ3v) is 4.19. The second kappa shape index (κ2) is 5.33. The van der Waals surface area contributed by atoms with E-state index >= 15 is 0 Å². The minimum absolute atomic E-state index is 0.250. The van der Waals surface area contributed by atoms with Crippen LogP contribution in [0.4, 0.5) is 4.39 Å². The highest BCUT2D eigenvalue weighted by Gasteiger charge is 2.34. The number of piperidine rings is 1. The lowest BCUT2D eigenvalue weighted by atomic mass is 9.99. The number of rotatable bonds is 3. The van der Waals surface area contributed by atoms with Crippen LogP contribution in [0.3, 0.4) is 0 Å². The van der Waals surface area contributed by atoms with Gasteiger partial charge in [0, 0.05) is 31.4 Å². The Kier molecular flexibility index (Phi) is 3.57. The monoisotopic (exact) mass is 249 g/mol. The predicted molar refractivity (Wildman–Crippen MR) is 68.7 cm³/mol. The third kappa shape index (κ3) is 2.54. The molecule has 98 valence electrons. The summed E-state index contributed by atoms with van der Waals surface area (Å²) in [5.41, 5.74) is 0.934. The fourth-order valence-corrected chi connectivity index (χ4v) is 3.29. The Labute approximate surface area is 107 Å². The summed E-state index contributed by atoms with van der Waals surface area (Å²) in [6.07, 6.45) is 8.20. The van der Waals surface area contributed by atoms with Crippen LogP contribution in [0.15, 0.2) is 18.5 Å². The molecule has 2 fully saturated rings. The summed E-state index contributed by atoms with van der Waals surface area (Å²) in [5.74, 6) is -0.250. The van der Waals surface area contributed by atoms with Crippen LogP contribution < -0.4 is 5.32 Å². The van der Waals surface area contributed by atoms with Crippen LogP contribution >= 0.6 is 0 Å². The lowest BCUT2D eigenvalue weighted by Gasteiger charge is -2.32. The van der Waals surface area contributed by atoms with E-state index < -0.39 is 0 Å². The van der Waals surface area contributed by atoms with Crippen LogP contribution in [0, 0.1) is 5.82 Å². The number of nitrogens with one attached hydrogen (secondary N) is 1. The minimum atomic E-state index is -0.250. The first-order chi connectivity index (χ1) is 8.83. The second-order valence-electron chi connectivity index (χ2n) is 5.39. The predicted octanol–water partition coefficient (Wildman–Crippen LogP) is 1.94. The van der Waals surface area contributed by atoms with E-state index in [1.54, 1.807) is 12.3 Å². The van der Waals surface area contributed by atoms with Gasteiger partial charge in [-0.1, -0.05) is 6.42 Å². The average molecular weight is 249 g/mol. The van der Waals surface area contributed by atoms with E-state index in [0.717, 1.165) is 12.1 Å². The molecule has 0 saturated carbocycles. The molecule has 1 N–H and O–H groups in total. The summed E-state index contributed by atoms with van der Waals surface area (Å²) in [5, 5.41) is 3.58. The van der Waals surface area contributed by atoms with Crippen molar-refractivity contribution in [3.8, 4) is 0 Å². The van der Waals surface area contributed by atoms with E-state index in [-0.39, 0.29) is 5.82 Å². The zero-order valence-corrected chi connectivity index (χ0v) is 10.6. The summed E-state index contributed by atoms with van der Waals surface area (Å²) in [4.78, 5) is 6.49. The van der Waals surface area contributed by atoms with E-state index in [0.29, 0.717) is 12.1 Å². The molecule has 1 aromatic heterocycles. The largest absolute Gasteiger partial charge is 0.308 e. The van der Waals surface area contributed by atoms with Crippen LogP contribution in [-0.4, -0.2) is 35.1 Å². The van der Waals surface area contributed by atoms with E-state index in [1.165, 1.54) is 45.0 Å². The van der Waals surface area contributed by atoms with Crippen molar-refractivity contribution >= 4 is 0 Å². The van der Waals surface area contributed by atoms with Gasteiger partial charge in [-0.25, -0.2) is 4.39 Å². The normalized spacial score (nSPS) is 28.3. The van der Waals surface area contributed by atoms with Crippen molar-refractivity contribution in [3.05, 3.63) is 29.8 Å². The van der Waals surface area contributed by atoms with E-state index in [2.05, 4.69) is 15.2 Å². The molecule has 4 heteroatoms. The van der Waals surface area contributed by atoms with Gasteiger partial charge < -0.3 is 5.32 Å². The lowest BCUT2D eigenvalue weighted by molar-refractivity contribution is 0.180. The van der Waals surface area contributed by atoms with E-state index in [1.807, 2.05) is 0 Å². The van der Waals surface area contributed by atoms with Gasteiger partial charge in [-0.3, -0.25) is 9.88 Å². The van der Waals surface area contributed by atoms with Gasteiger partial charge >= 0.3 is 0 Å². The number of hydrogen-bond donors (Lipinski definition) is 1. The first kappa shape index (κ1) is 12.1. The van der Waals surface area contributed by atoms with Crippen LogP contribution in [0.25, 0.3) is 0 Å². The molecule has 0 aliphatic carbocycles. The molecule has 3 heterocycles. The summed E-state index contributed by atoms with van der Waals surface area (Å²) >= 11 is 0. The van der Waals surface area contributed by atoms with Crippen molar-refractivity contribution < 1.29 is 4.39 Å². The van der Waals surface area contributed by atoms with Crippen molar-refractivity contribution in [1.82, 2.24) is 15.2 Å². The maximum absolute atomic E-state index is 13.0. The Morgan fingerprint density at radius 1 is 1.28 bits per heavy atom. The fourth-order valence-electron chi connectivity index (χ4n) is 3.29. The lowest BCUT2D eigenvalue weighted by Crippen LogP contribution is -2.44. The quantitative estimate of drug-likeness (QED) is 0.887. The van der Waals surface area contributed by atoms with Gasteiger partial charge in [-0.05, 0) is 37.4 Å². The molecule has 2 aliphatic heterocycles. The molecular weight excluding hydrogens is 229 g/mol. The Morgan fingerprint density at radius 3 is 3.11 bits per heavy atom. The molecule has 0 spiro atoms. The van der Waals surface area contributed by atoms with Gasteiger partial charge in [0.25, 0.3) is 0 Å². The number of fused-ring (bicyclic) bond motifs is 1. The summed E-state index contributed by atoms with van der Waals surface area (Å²) in [7, 11) is 0. The molecule has 2 saturated heterocycles. The molecule has 3 nitrogen and oxygen atoms in total. The Balaban J connectivity index is 1.57. The van der Waals surface area contributed by atoms with Gasteiger partial charge in [0.1, 0.15) is 5.82 Å². The Morgan fingerprint density at radius 2 is 2.22 bits per heavy atom. The molecule has 1 aromatic rings. The maximum atomic E-state index is 13.0. The average Bonchev–Trinajstić information content (AvgIpc) is 2.80. The molecule has 0 amide bonds. The molecule has 0 bridgehead atoms. The highest BCUT2D eigenvalue weighted by molar-refractivity contribution is 5.10. The van der Waals surface area contributed by atoms with Crippen LogP contribution in [0.1, 0.15) is 31.2 Å². The second-order valence-corrected chi connectivity index (χ2v) is 5.39. The van der Waals surface area contributed by atoms with Crippen molar-refractivity contribution in [2.24, 2.45) is 0 Å². The topological polar surface area (TPSA) is 28.2 Å². The zero-order valence-electron chi connectivity index (χ0n) is 10.6. The molecule has 2 unspecified atom stereocenters. The van der Waals surface area contributed by atoms with Crippen LogP contribution in [-0.2, 0) is 6.54 Å². The summed E-state index contributed by atoms with van der Waals surface area (Å²) in [6.45, 7) is 3.19. The van der Waals surface area contributed by atoms with Crippen molar-refractivity contribution in [2.45, 2.75) is 44.3 Å². The van der Waals surface area contributed by atoms with Gasteiger partial charge in [0.2, 0.25) is 0 Å². The highest BCUT2D eigenvalue weighted by atomic mass is 19.1. The number of hydrogen-bond acceptors (Lipinski definition) is 3. The van der Waals surface area contributed by atoms with Gasteiger partial charge in [-0.2, -0.15) is 0 Å². The molecule has 2 aliphatic rings. The smallest absolute Gasteiger partial charge is 0.141 e. The van der Waals surface area contributed by atoms with Gasteiger partial charge in [0.05, 0.1) is 6.20 Å². The molecule has 0 aromatic carbocycles. The van der Waals surface area contributed by atoms with Crippen LogP contribution in [0.2, 0.25) is 0 Å². The van der Waals surface area contributed by atoms with Gasteiger partial charge in [0.15, 0.2) is 0 Å². The third-order valence-electron chi connectivity index (χ3n) is 4.19. The summed E-state index contributed by atoms with van der Waals surface area (Å²) in [6, 6.07) is 2.82. The van der Waals surface area contributed by atoms with Crippen molar-refractivity contribution in [2.75, 3.05) is 13.1 Å². The number of halogens is 1. The van der Waals surface area contributed by atoms with Crippen molar-refractivity contribution in [1.29, 1.82) is 0 Å². The number of pyridine rings is 1. The fraction of sp³-hybridized carbons (Fsp3) is 0.643. The van der Waals surface area contributed by atoms with Crippen LogP contribution in [0.5, 0.6) is 0 Å². The Hall–Kier alpha value is -1.00. The Bertz CT molecular complexity index is 410. The zero-order chi connectivity index (χ0) is 12.4. The number of aromatic nitrogens is 1. The molecule has 2 atom stereocenters. The SMILES string of the molecule is Fc1cncc(CNC2CCN3CCCCC23)c1. The molecule has 3 rings (SSSR count). The van der Waals surface area contributed by atoms with E-state index in [4.69, 9.17) is 0 Å². The maximum Gasteiger partial charge on any atom is 0.141 e. The standard InChI is InChI=1S/C14H20FN3/c15-12-7-11(8-16-10-12)9-17-13-4-6-18-5-2-1-3-14(13)18/h7-8,10,13-14,17H,1-6,9H2. The highest BCUT2D eigenvalue weighted by Crippen LogP contribution is 2.27. The van der Waals surface area contributed by atoms with Gasteiger partial charge in [-0.15, -0.1) is 0 Å². The molecule has 18 heavy (non-hydrogen) atoms. The first-order valence-corrected chi connectivity index (χ1v) is 6.90.